The lowest BCUT2D eigenvalue weighted by atomic mass is 9.70. The van der Waals surface area contributed by atoms with Crippen molar-refractivity contribution in [1.82, 2.24) is 4.57 Å². The second kappa shape index (κ2) is 14.9. The number of aromatic nitrogens is 1. The molecule has 70 heavy (non-hydrogen) atoms. The molecule has 0 saturated heterocycles. The quantitative estimate of drug-likeness (QED) is 0.166. The number of para-hydroxylation sites is 3. The molecule has 15 rings (SSSR count). The maximum atomic E-state index is 6.59. The zero-order valence-electron chi connectivity index (χ0n) is 38.1. The summed E-state index contributed by atoms with van der Waals surface area (Å²) in [4.78, 5) is 2.50. The zero-order chi connectivity index (χ0) is 45.9. The zero-order valence-corrected chi connectivity index (χ0v) is 38.1. The van der Waals surface area contributed by atoms with E-state index in [0.29, 0.717) is 0 Å². The summed E-state index contributed by atoms with van der Waals surface area (Å²) in [7, 11) is 0. The van der Waals surface area contributed by atoms with Gasteiger partial charge in [-0.15, -0.1) is 0 Å². The molecule has 2 aliphatic carbocycles. The third-order valence-corrected chi connectivity index (χ3v) is 15.2. The van der Waals surface area contributed by atoms with Gasteiger partial charge in [0.15, 0.2) is 0 Å². The lowest BCUT2D eigenvalue weighted by molar-refractivity contribution is 0.670. The van der Waals surface area contributed by atoms with Crippen molar-refractivity contribution in [2.45, 2.75) is 5.41 Å². The molecule has 0 unspecified atom stereocenters. The average molecular weight is 891 g/mol. The lowest BCUT2D eigenvalue weighted by Gasteiger charge is -2.32. The predicted octanol–water partition coefficient (Wildman–Crippen LogP) is 17.8. The summed E-state index contributed by atoms with van der Waals surface area (Å²) in [6.07, 6.45) is 0. The van der Waals surface area contributed by atoms with Crippen molar-refractivity contribution in [2.75, 3.05) is 4.90 Å². The van der Waals surface area contributed by atoms with Gasteiger partial charge in [0.05, 0.1) is 22.1 Å². The smallest absolute Gasteiger partial charge is 0.143 e. The molecule has 0 amide bonds. The third kappa shape index (κ3) is 5.40. The molecule has 0 aliphatic heterocycles. The fourth-order valence-corrected chi connectivity index (χ4v) is 12.3. The highest BCUT2D eigenvalue weighted by Crippen LogP contribution is 2.64. The van der Waals surface area contributed by atoms with Crippen LogP contribution in [-0.4, -0.2) is 4.57 Å². The molecule has 0 atom stereocenters. The van der Waals surface area contributed by atoms with E-state index >= 15 is 0 Å². The Balaban J connectivity index is 0.941. The molecule has 11 aromatic carbocycles. The van der Waals surface area contributed by atoms with E-state index in [1.807, 2.05) is 0 Å². The second-order valence-corrected chi connectivity index (χ2v) is 18.7. The molecular weight excluding hydrogens is 849 g/mol. The Morgan fingerprint density at radius 2 is 0.914 bits per heavy atom. The number of rotatable bonds is 6. The van der Waals surface area contributed by atoms with Gasteiger partial charge in [0, 0.05) is 49.7 Å². The van der Waals surface area contributed by atoms with Gasteiger partial charge in [-0.3, -0.25) is 0 Å². The normalized spacial score (nSPS) is 13.0. The standard InChI is InChI=1S/C67H42N2O/c1-3-17-44(18-4-1)49-25-15-26-53-56-41-45(35-40-64(56)70-66(49)53)43-33-36-47(37-34-43)68(48-38-39-62-55(42-48)52-23-10-14-31-61(52)69(62)46-19-5-2-6-20-46)63-32-16-30-60-65(63)54-24-9-13-29-59(54)67(60)57-27-11-7-21-50(57)51-22-8-12-28-58(51)67/h1-42H. The van der Waals surface area contributed by atoms with E-state index in [-0.39, 0.29) is 0 Å². The van der Waals surface area contributed by atoms with Gasteiger partial charge in [-0.1, -0.05) is 188 Å². The fourth-order valence-electron chi connectivity index (χ4n) is 12.3. The summed E-state index contributed by atoms with van der Waals surface area (Å²) in [6, 6.07) is 93.5. The minimum atomic E-state index is -0.463. The molecule has 2 aromatic heterocycles. The molecule has 2 heterocycles. The minimum Gasteiger partial charge on any atom is -0.455 e. The number of hydrogen-bond donors (Lipinski definition) is 0. The molecule has 2 aliphatic rings. The average Bonchev–Trinajstić information content (AvgIpc) is 4.16. The van der Waals surface area contributed by atoms with E-state index in [9.17, 15) is 0 Å². The van der Waals surface area contributed by atoms with Crippen LogP contribution in [0, 0.1) is 0 Å². The molecule has 0 radical (unpaired) electrons. The maximum absolute atomic E-state index is 6.59. The first-order valence-corrected chi connectivity index (χ1v) is 24.2. The second-order valence-electron chi connectivity index (χ2n) is 18.7. The molecule has 0 N–H and O–H groups in total. The molecule has 0 fully saturated rings. The molecular formula is C67H42N2O. The van der Waals surface area contributed by atoms with Crippen molar-refractivity contribution in [3.63, 3.8) is 0 Å². The van der Waals surface area contributed by atoms with Gasteiger partial charge in [-0.05, 0) is 122 Å². The van der Waals surface area contributed by atoms with Crippen LogP contribution < -0.4 is 4.90 Å². The summed E-state index contributed by atoms with van der Waals surface area (Å²) in [5.41, 5.74) is 23.1. The van der Waals surface area contributed by atoms with Gasteiger partial charge in [0.25, 0.3) is 0 Å². The highest BCUT2D eigenvalue weighted by Gasteiger charge is 2.52. The first-order chi connectivity index (χ1) is 34.7. The SMILES string of the molecule is c1ccc(-c2cccc3c2oc2ccc(-c4ccc(N(c5ccc6c(c5)c5ccccc5n6-c5ccccc5)c5cccc6c5-c5ccccc5C65c6ccccc6-c6ccccc65)cc4)cc23)cc1. The predicted molar refractivity (Wildman–Crippen MR) is 290 cm³/mol. The summed E-state index contributed by atoms with van der Waals surface area (Å²) in [6.45, 7) is 0. The fraction of sp³-hybridized carbons (Fsp3) is 0.0149. The molecule has 1 spiro atoms. The van der Waals surface area contributed by atoms with Gasteiger partial charge in [0.2, 0.25) is 0 Å². The van der Waals surface area contributed by atoms with Crippen LogP contribution in [-0.2, 0) is 5.41 Å². The van der Waals surface area contributed by atoms with Crippen molar-refractivity contribution < 1.29 is 4.42 Å². The molecule has 326 valence electrons. The van der Waals surface area contributed by atoms with Crippen molar-refractivity contribution in [2.24, 2.45) is 0 Å². The van der Waals surface area contributed by atoms with E-state index in [1.54, 1.807) is 0 Å². The van der Waals surface area contributed by atoms with E-state index in [4.69, 9.17) is 4.42 Å². The number of hydrogen-bond acceptors (Lipinski definition) is 2. The molecule has 0 bridgehead atoms. The van der Waals surface area contributed by atoms with Crippen molar-refractivity contribution >= 4 is 60.8 Å². The minimum absolute atomic E-state index is 0.463. The number of benzene rings is 11. The Labute approximate surface area is 405 Å². The Hall–Kier alpha value is -9.18. The van der Waals surface area contributed by atoms with Crippen LogP contribution in [0.4, 0.5) is 17.1 Å². The van der Waals surface area contributed by atoms with Crippen molar-refractivity contribution in [3.05, 3.63) is 277 Å². The Bertz CT molecular complexity index is 4190. The summed E-state index contributed by atoms with van der Waals surface area (Å²) in [5.74, 6) is 0. The molecule has 3 nitrogen and oxygen atoms in total. The van der Waals surface area contributed by atoms with Crippen LogP contribution in [0.2, 0.25) is 0 Å². The van der Waals surface area contributed by atoms with Gasteiger partial charge in [-0.2, -0.15) is 0 Å². The van der Waals surface area contributed by atoms with Crippen LogP contribution in [0.5, 0.6) is 0 Å². The highest BCUT2D eigenvalue weighted by atomic mass is 16.3. The van der Waals surface area contributed by atoms with Crippen LogP contribution >= 0.6 is 0 Å². The van der Waals surface area contributed by atoms with Crippen LogP contribution in [0.3, 0.4) is 0 Å². The number of nitrogens with zero attached hydrogens (tertiary/aromatic N) is 2. The summed E-state index contributed by atoms with van der Waals surface area (Å²) in [5, 5.41) is 4.66. The first-order valence-electron chi connectivity index (χ1n) is 24.2. The largest absolute Gasteiger partial charge is 0.455 e. The number of anilines is 3. The van der Waals surface area contributed by atoms with Gasteiger partial charge < -0.3 is 13.9 Å². The highest BCUT2D eigenvalue weighted by molar-refractivity contribution is 6.12. The van der Waals surface area contributed by atoms with Crippen LogP contribution in [0.15, 0.2) is 259 Å². The van der Waals surface area contributed by atoms with E-state index in [2.05, 4.69) is 264 Å². The van der Waals surface area contributed by atoms with Crippen LogP contribution in [0.25, 0.3) is 93.9 Å². The van der Waals surface area contributed by atoms with E-state index in [1.165, 1.54) is 66.3 Å². The molecule has 3 heteroatoms. The van der Waals surface area contributed by atoms with Gasteiger partial charge in [-0.25, -0.2) is 0 Å². The summed E-state index contributed by atoms with van der Waals surface area (Å²) >= 11 is 0. The Kier molecular flexibility index (Phi) is 8.28. The van der Waals surface area contributed by atoms with E-state index in [0.717, 1.165) is 66.9 Å². The maximum Gasteiger partial charge on any atom is 0.143 e. The number of furan rings is 1. The monoisotopic (exact) mass is 890 g/mol. The third-order valence-electron chi connectivity index (χ3n) is 15.2. The Morgan fingerprint density at radius 3 is 1.69 bits per heavy atom. The lowest BCUT2D eigenvalue weighted by Crippen LogP contribution is -2.26. The number of fused-ring (bicyclic) bond motifs is 16. The topological polar surface area (TPSA) is 21.3 Å². The molecule has 0 saturated carbocycles. The van der Waals surface area contributed by atoms with Crippen molar-refractivity contribution in [3.8, 4) is 50.2 Å². The molecule has 13 aromatic rings. The van der Waals surface area contributed by atoms with Gasteiger partial charge in [0.1, 0.15) is 11.2 Å². The summed E-state index contributed by atoms with van der Waals surface area (Å²) < 4.78 is 8.98. The first kappa shape index (κ1) is 38.9. The Morgan fingerprint density at radius 1 is 0.343 bits per heavy atom. The van der Waals surface area contributed by atoms with Crippen molar-refractivity contribution in [1.29, 1.82) is 0 Å². The van der Waals surface area contributed by atoms with Gasteiger partial charge >= 0.3 is 0 Å². The van der Waals surface area contributed by atoms with Crippen LogP contribution in [0.1, 0.15) is 22.3 Å². The van der Waals surface area contributed by atoms with E-state index < -0.39 is 5.41 Å².